The fourth-order valence-corrected chi connectivity index (χ4v) is 3.21. The van der Waals surface area contributed by atoms with Gasteiger partial charge in [0.05, 0.1) is 25.9 Å². The second-order valence-electron chi connectivity index (χ2n) is 6.55. The van der Waals surface area contributed by atoms with Gasteiger partial charge in [0.15, 0.2) is 11.5 Å². The van der Waals surface area contributed by atoms with Crippen LogP contribution in [0.2, 0.25) is 0 Å². The first-order valence-electron chi connectivity index (χ1n) is 8.90. The molecule has 2 atom stereocenters. The maximum Gasteiger partial charge on any atom is 0.161 e. The Labute approximate surface area is 146 Å². The van der Waals surface area contributed by atoms with Crippen molar-refractivity contribution in [3.05, 3.63) is 36.4 Å². The second kappa shape index (κ2) is 9.70. The summed E-state index contributed by atoms with van der Waals surface area (Å²) >= 11 is 0. The van der Waals surface area contributed by atoms with Crippen molar-refractivity contribution in [1.29, 1.82) is 0 Å². The molecule has 24 heavy (non-hydrogen) atoms. The number of morpholine rings is 1. The van der Waals surface area contributed by atoms with E-state index in [-0.39, 0.29) is 0 Å². The lowest BCUT2D eigenvalue weighted by Gasteiger charge is -2.35. The summed E-state index contributed by atoms with van der Waals surface area (Å²) in [5, 5.41) is 0. The van der Waals surface area contributed by atoms with Gasteiger partial charge in [-0.2, -0.15) is 0 Å². The van der Waals surface area contributed by atoms with Crippen molar-refractivity contribution in [2.75, 3.05) is 33.4 Å². The molecule has 0 unspecified atom stereocenters. The van der Waals surface area contributed by atoms with Gasteiger partial charge in [-0.3, -0.25) is 4.90 Å². The van der Waals surface area contributed by atoms with Crippen LogP contribution < -0.4 is 9.47 Å². The smallest absolute Gasteiger partial charge is 0.161 e. The number of nitrogens with zero attached hydrogens (tertiary/aromatic N) is 1. The van der Waals surface area contributed by atoms with E-state index in [1.807, 2.05) is 18.2 Å². The Bertz CT molecular complexity index is 508. The van der Waals surface area contributed by atoms with Crippen LogP contribution in [0.15, 0.2) is 30.9 Å². The fraction of sp³-hybridized carbons (Fsp3) is 0.600. The highest BCUT2D eigenvalue weighted by Crippen LogP contribution is 2.28. The molecule has 1 aromatic rings. The molecule has 1 aliphatic heterocycles. The van der Waals surface area contributed by atoms with Crippen molar-refractivity contribution in [1.82, 2.24) is 4.90 Å². The Morgan fingerprint density at radius 1 is 1.21 bits per heavy atom. The van der Waals surface area contributed by atoms with E-state index in [0.29, 0.717) is 18.8 Å². The number of unbranched alkanes of at least 4 members (excludes halogenated alkanes) is 1. The predicted molar refractivity (Wildman–Crippen MR) is 98.1 cm³/mol. The normalized spacial score (nSPS) is 21.5. The number of allylic oxidation sites excluding steroid dienone is 1. The van der Waals surface area contributed by atoms with E-state index in [1.165, 1.54) is 5.56 Å². The van der Waals surface area contributed by atoms with Gasteiger partial charge in [0.1, 0.15) is 0 Å². The van der Waals surface area contributed by atoms with Crippen molar-refractivity contribution < 1.29 is 14.2 Å². The topological polar surface area (TPSA) is 30.9 Å². The monoisotopic (exact) mass is 333 g/mol. The van der Waals surface area contributed by atoms with Crippen molar-refractivity contribution >= 4 is 0 Å². The van der Waals surface area contributed by atoms with Gasteiger partial charge in [-0.1, -0.05) is 12.1 Å². The fourth-order valence-electron chi connectivity index (χ4n) is 3.21. The van der Waals surface area contributed by atoms with Crippen LogP contribution in [0.5, 0.6) is 11.5 Å². The molecule has 0 aromatic heterocycles. The van der Waals surface area contributed by atoms with Crippen LogP contribution in [0.3, 0.4) is 0 Å². The molecule has 1 saturated heterocycles. The van der Waals surface area contributed by atoms with Gasteiger partial charge in [0.25, 0.3) is 0 Å². The Morgan fingerprint density at radius 2 is 1.96 bits per heavy atom. The third-order valence-electron chi connectivity index (χ3n) is 4.23. The molecule has 4 nitrogen and oxygen atoms in total. The molecule has 1 aliphatic rings. The van der Waals surface area contributed by atoms with Crippen LogP contribution in [-0.2, 0) is 11.2 Å². The van der Waals surface area contributed by atoms with Crippen molar-refractivity contribution in [2.24, 2.45) is 0 Å². The molecule has 4 heteroatoms. The number of hydrogen-bond donors (Lipinski definition) is 0. The van der Waals surface area contributed by atoms with Crippen molar-refractivity contribution in [3.8, 4) is 11.5 Å². The summed E-state index contributed by atoms with van der Waals surface area (Å²) in [6.45, 7) is 11.9. The predicted octanol–water partition coefficient (Wildman–Crippen LogP) is 3.69. The summed E-state index contributed by atoms with van der Waals surface area (Å²) in [7, 11) is 1.68. The molecule has 1 aromatic carbocycles. The first-order chi connectivity index (χ1) is 11.6. The zero-order valence-corrected chi connectivity index (χ0v) is 15.3. The molecular weight excluding hydrogens is 302 g/mol. The van der Waals surface area contributed by atoms with E-state index in [4.69, 9.17) is 14.2 Å². The highest BCUT2D eigenvalue weighted by Gasteiger charge is 2.21. The number of methoxy groups -OCH3 is 1. The molecule has 134 valence electrons. The summed E-state index contributed by atoms with van der Waals surface area (Å²) < 4.78 is 17.1. The van der Waals surface area contributed by atoms with Crippen LogP contribution in [0, 0.1) is 0 Å². The molecule has 1 heterocycles. The van der Waals surface area contributed by atoms with E-state index < -0.39 is 0 Å². The molecule has 0 saturated carbocycles. The Hall–Kier alpha value is -1.52. The maximum absolute atomic E-state index is 5.90. The molecule has 2 rings (SSSR count). The first kappa shape index (κ1) is 18.8. The number of benzene rings is 1. The maximum atomic E-state index is 5.90. The van der Waals surface area contributed by atoms with Crippen molar-refractivity contribution in [2.45, 2.75) is 45.3 Å². The molecule has 0 amide bonds. The van der Waals surface area contributed by atoms with Gasteiger partial charge in [-0.05, 0) is 57.4 Å². The first-order valence-corrected chi connectivity index (χ1v) is 8.90. The van der Waals surface area contributed by atoms with Crippen molar-refractivity contribution in [3.63, 3.8) is 0 Å². The van der Waals surface area contributed by atoms with E-state index in [2.05, 4.69) is 31.4 Å². The lowest BCUT2D eigenvalue weighted by Crippen LogP contribution is -2.45. The molecule has 0 radical (unpaired) electrons. The number of hydrogen-bond acceptors (Lipinski definition) is 4. The molecule has 1 fully saturated rings. The molecule has 0 N–H and O–H groups in total. The van der Waals surface area contributed by atoms with Gasteiger partial charge in [0, 0.05) is 13.1 Å². The third kappa shape index (κ3) is 5.84. The summed E-state index contributed by atoms with van der Waals surface area (Å²) in [6.07, 6.45) is 5.58. The Balaban J connectivity index is 1.71. The minimum absolute atomic E-state index is 0.336. The van der Waals surface area contributed by atoms with Gasteiger partial charge in [0.2, 0.25) is 0 Å². The van der Waals surface area contributed by atoms with Crippen LogP contribution in [0.25, 0.3) is 0 Å². The van der Waals surface area contributed by atoms with Crippen LogP contribution in [-0.4, -0.2) is 50.5 Å². The van der Waals surface area contributed by atoms with Crippen LogP contribution in [0.1, 0.15) is 32.3 Å². The molecule has 0 bridgehead atoms. The average molecular weight is 333 g/mol. The summed E-state index contributed by atoms with van der Waals surface area (Å²) in [5.41, 5.74) is 1.18. The van der Waals surface area contributed by atoms with E-state index in [0.717, 1.165) is 50.4 Å². The van der Waals surface area contributed by atoms with Gasteiger partial charge >= 0.3 is 0 Å². The Kier molecular flexibility index (Phi) is 7.60. The van der Waals surface area contributed by atoms with E-state index >= 15 is 0 Å². The lowest BCUT2D eigenvalue weighted by molar-refractivity contribution is -0.0682. The highest BCUT2D eigenvalue weighted by atomic mass is 16.5. The quantitative estimate of drug-likeness (QED) is 0.509. The zero-order chi connectivity index (χ0) is 17.4. The largest absolute Gasteiger partial charge is 0.493 e. The average Bonchev–Trinajstić information content (AvgIpc) is 2.55. The minimum Gasteiger partial charge on any atom is -0.493 e. The Morgan fingerprint density at radius 3 is 2.62 bits per heavy atom. The second-order valence-corrected chi connectivity index (χ2v) is 6.55. The summed E-state index contributed by atoms with van der Waals surface area (Å²) in [5.74, 6) is 1.61. The molecular formula is C20H31NO3. The summed E-state index contributed by atoms with van der Waals surface area (Å²) in [4.78, 5) is 2.49. The number of ether oxygens (including phenoxy) is 3. The van der Waals surface area contributed by atoms with Crippen LogP contribution >= 0.6 is 0 Å². The third-order valence-corrected chi connectivity index (χ3v) is 4.23. The standard InChI is InChI=1S/C20H31NO3/c1-5-8-18-9-10-19(20(13-18)22-4)23-12-7-6-11-21-14-16(2)24-17(3)15-21/h5,9-10,13,16-17H,1,6-8,11-12,14-15H2,2-4H3/t16-,17+. The minimum atomic E-state index is 0.336. The molecule has 0 spiro atoms. The van der Waals surface area contributed by atoms with Gasteiger partial charge in [-0.15, -0.1) is 6.58 Å². The molecule has 0 aliphatic carbocycles. The SMILES string of the molecule is C=CCc1ccc(OCCCCN2C[C@@H](C)O[C@@H](C)C2)c(OC)c1. The zero-order valence-electron chi connectivity index (χ0n) is 15.3. The number of rotatable bonds is 9. The highest BCUT2D eigenvalue weighted by molar-refractivity contribution is 5.43. The van der Waals surface area contributed by atoms with Gasteiger partial charge < -0.3 is 14.2 Å². The van der Waals surface area contributed by atoms with Gasteiger partial charge in [-0.25, -0.2) is 0 Å². The van der Waals surface area contributed by atoms with E-state index in [9.17, 15) is 0 Å². The van der Waals surface area contributed by atoms with E-state index in [1.54, 1.807) is 7.11 Å². The van der Waals surface area contributed by atoms with Crippen LogP contribution in [0.4, 0.5) is 0 Å². The summed E-state index contributed by atoms with van der Waals surface area (Å²) in [6, 6.07) is 6.08. The lowest BCUT2D eigenvalue weighted by atomic mass is 10.1.